The second-order valence-corrected chi connectivity index (χ2v) is 14.6. The van der Waals surface area contributed by atoms with Gasteiger partial charge in [-0.3, -0.25) is 13.9 Å². The van der Waals surface area contributed by atoms with Crippen molar-refractivity contribution in [2.45, 2.75) is 70.4 Å². The number of anilines is 1. The number of sulfonamides is 1. The van der Waals surface area contributed by atoms with E-state index in [9.17, 15) is 18.0 Å². The number of likely N-dealkylation sites (N-methyl/N-ethyl adjacent to an activating group) is 1. The van der Waals surface area contributed by atoms with Crippen LogP contribution in [-0.4, -0.2) is 50.5 Å². The predicted octanol–water partition coefficient (Wildman–Crippen LogP) is 5.13. The van der Waals surface area contributed by atoms with Crippen molar-refractivity contribution >= 4 is 39.1 Å². The summed E-state index contributed by atoms with van der Waals surface area (Å²) in [4.78, 5) is 27.9. The van der Waals surface area contributed by atoms with Gasteiger partial charge in [0.1, 0.15) is 12.6 Å². The summed E-state index contributed by atoms with van der Waals surface area (Å²) in [5.74, 6) is 1.69. The summed E-state index contributed by atoms with van der Waals surface area (Å²) in [6, 6.07) is 14.1. The number of nitrogens with one attached hydrogen (secondary N) is 1. The van der Waals surface area contributed by atoms with Gasteiger partial charge in [0.25, 0.3) is 0 Å². The molecule has 0 spiro atoms. The van der Waals surface area contributed by atoms with Gasteiger partial charge in [-0.05, 0) is 111 Å². The third kappa shape index (κ3) is 6.03. The third-order valence-corrected chi connectivity index (χ3v) is 10.7. The molecule has 4 saturated carbocycles. The quantitative estimate of drug-likeness (QED) is 0.419. The summed E-state index contributed by atoms with van der Waals surface area (Å²) in [5.41, 5.74) is 2.75. The molecule has 2 aromatic carbocycles. The van der Waals surface area contributed by atoms with Gasteiger partial charge in [-0.1, -0.05) is 35.9 Å². The number of benzene rings is 2. The highest BCUT2D eigenvalue weighted by atomic mass is 35.5. The van der Waals surface area contributed by atoms with Crippen molar-refractivity contribution in [2.75, 3.05) is 23.7 Å². The Labute approximate surface area is 243 Å². The monoisotopic (exact) mass is 585 g/mol. The van der Waals surface area contributed by atoms with Crippen molar-refractivity contribution < 1.29 is 18.0 Å². The first-order valence-electron chi connectivity index (χ1n) is 14.4. The average Bonchev–Trinajstić information content (AvgIpc) is 2.90. The van der Waals surface area contributed by atoms with Crippen molar-refractivity contribution in [3.05, 3.63) is 64.7 Å². The van der Waals surface area contributed by atoms with Crippen molar-refractivity contribution in [2.24, 2.45) is 17.8 Å². The molecule has 1 atom stereocenters. The summed E-state index contributed by atoms with van der Waals surface area (Å²) in [6.07, 6.45) is 8.88. The zero-order valence-electron chi connectivity index (χ0n) is 23.6. The zero-order valence-corrected chi connectivity index (χ0v) is 25.2. The second-order valence-electron chi connectivity index (χ2n) is 12.2. The van der Waals surface area contributed by atoms with Crippen molar-refractivity contribution in [1.82, 2.24) is 10.2 Å². The van der Waals surface area contributed by atoms with E-state index in [-0.39, 0.29) is 17.9 Å². The van der Waals surface area contributed by atoms with E-state index in [0.717, 1.165) is 33.9 Å². The van der Waals surface area contributed by atoms with E-state index in [4.69, 9.17) is 11.6 Å². The van der Waals surface area contributed by atoms with Crippen LogP contribution in [0.4, 0.5) is 5.69 Å². The molecule has 4 bridgehead atoms. The minimum atomic E-state index is -3.77. The fraction of sp³-hybridized carbons (Fsp3) is 0.548. The number of amides is 2. The van der Waals surface area contributed by atoms with Gasteiger partial charge in [-0.25, -0.2) is 8.42 Å². The second kappa shape index (κ2) is 11.4. The van der Waals surface area contributed by atoms with Crippen LogP contribution < -0.4 is 9.62 Å². The van der Waals surface area contributed by atoms with E-state index >= 15 is 0 Å². The Hall–Kier alpha value is -2.58. The Morgan fingerprint density at radius 1 is 0.975 bits per heavy atom. The molecule has 0 aliphatic heterocycles. The molecule has 7 nitrogen and oxygen atoms in total. The predicted molar refractivity (Wildman–Crippen MR) is 159 cm³/mol. The first-order valence-corrected chi connectivity index (χ1v) is 16.6. The van der Waals surface area contributed by atoms with Crippen LogP contribution in [0.3, 0.4) is 0 Å². The average molecular weight is 586 g/mol. The highest BCUT2D eigenvalue weighted by molar-refractivity contribution is 7.92. The molecule has 4 fully saturated rings. The minimum absolute atomic E-state index is 0.150. The molecule has 0 unspecified atom stereocenters. The number of carbonyl (C=O) groups is 2. The van der Waals surface area contributed by atoms with Crippen LogP contribution in [-0.2, 0) is 31.6 Å². The van der Waals surface area contributed by atoms with Gasteiger partial charge in [0.05, 0.1) is 11.9 Å². The van der Waals surface area contributed by atoms with Gasteiger partial charge in [-0.15, -0.1) is 0 Å². The Bertz CT molecular complexity index is 1310. The van der Waals surface area contributed by atoms with Gasteiger partial charge in [0.2, 0.25) is 21.8 Å². The SMILES string of the molecule is CCNC(=O)[C@H](C)N(Cc1ccc(Cl)cc1)C(=O)CN(c1ccc(C23CC4CC(CC(C4)C2)C3)cc1)S(C)(=O)=O. The zero-order chi connectivity index (χ0) is 28.7. The van der Waals surface area contributed by atoms with E-state index in [2.05, 4.69) is 17.4 Å². The highest BCUT2D eigenvalue weighted by Gasteiger charge is 2.51. The number of hydrogen-bond acceptors (Lipinski definition) is 4. The van der Waals surface area contributed by atoms with Crippen molar-refractivity contribution in [3.63, 3.8) is 0 Å². The smallest absolute Gasteiger partial charge is 0.244 e. The molecule has 0 saturated heterocycles. The van der Waals surface area contributed by atoms with E-state index in [1.165, 1.54) is 49.0 Å². The molecule has 1 N–H and O–H groups in total. The first kappa shape index (κ1) is 28.9. The maximum atomic E-state index is 13.7. The van der Waals surface area contributed by atoms with Crippen molar-refractivity contribution in [1.29, 1.82) is 0 Å². The number of hydrogen-bond donors (Lipinski definition) is 1. The molecule has 2 aromatic rings. The summed E-state index contributed by atoms with van der Waals surface area (Å²) < 4.78 is 27.1. The Kier molecular flexibility index (Phi) is 8.22. The molecular weight excluding hydrogens is 546 g/mol. The normalized spacial score (nSPS) is 25.9. The first-order chi connectivity index (χ1) is 19.0. The maximum absolute atomic E-state index is 13.7. The number of rotatable bonds is 10. The summed E-state index contributed by atoms with van der Waals surface area (Å²) in [6.45, 7) is 3.65. The summed E-state index contributed by atoms with van der Waals surface area (Å²) in [5, 5.41) is 3.33. The van der Waals surface area contributed by atoms with Crippen LogP contribution in [0.15, 0.2) is 48.5 Å². The lowest BCUT2D eigenvalue weighted by Crippen LogP contribution is -2.51. The largest absolute Gasteiger partial charge is 0.355 e. The lowest BCUT2D eigenvalue weighted by molar-refractivity contribution is -0.139. The van der Waals surface area contributed by atoms with E-state index in [0.29, 0.717) is 17.3 Å². The van der Waals surface area contributed by atoms with Crippen LogP contribution in [0, 0.1) is 17.8 Å². The summed E-state index contributed by atoms with van der Waals surface area (Å²) >= 11 is 6.03. The van der Waals surface area contributed by atoms with Gasteiger partial charge in [0.15, 0.2) is 0 Å². The molecule has 2 amide bonds. The van der Waals surface area contributed by atoms with E-state index in [1.54, 1.807) is 31.2 Å². The van der Waals surface area contributed by atoms with Crippen LogP contribution >= 0.6 is 11.6 Å². The molecule has 9 heteroatoms. The molecular formula is C31H40ClN3O4S. The standard InChI is InChI=1S/C31H40ClN3O4S/c1-4-33-30(37)21(2)34(19-22-5-9-27(32)10-6-22)29(36)20-35(40(3,38)39)28-11-7-26(8-12-28)31-16-23-13-24(17-31)15-25(14-23)18-31/h5-12,21,23-25H,4,13-20H2,1-3H3,(H,33,37)/t21-,23?,24?,25?,31?/m0/s1. The third-order valence-electron chi connectivity index (χ3n) is 9.27. The fourth-order valence-corrected chi connectivity index (χ4v) is 8.73. The summed E-state index contributed by atoms with van der Waals surface area (Å²) in [7, 11) is -3.77. The molecule has 40 heavy (non-hydrogen) atoms. The topological polar surface area (TPSA) is 86.8 Å². The van der Waals surface area contributed by atoms with Gasteiger partial charge >= 0.3 is 0 Å². The van der Waals surface area contributed by atoms with E-state index in [1.807, 2.05) is 19.1 Å². The van der Waals surface area contributed by atoms with Crippen LogP contribution in [0.1, 0.15) is 63.5 Å². The fourth-order valence-electron chi connectivity index (χ4n) is 7.75. The Morgan fingerprint density at radius 3 is 2.02 bits per heavy atom. The molecule has 4 aliphatic carbocycles. The van der Waals surface area contributed by atoms with Gasteiger partial charge in [0, 0.05) is 18.1 Å². The minimum Gasteiger partial charge on any atom is -0.355 e. The molecule has 6 rings (SSSR count). The highest BCUT2D eigenvalue weighted by Crippen LogP contribution is 2.60. The van der Waals surface area contributed by atoms with Crippen LogP contribution in [0.2, 0.25) is 5.02 Å². The van der Waals surface area contributed by atoms with Crippen molar-refractivity contribution in [3.8, 4) is 0 Å². The molecule has 216 valence electrons. The maximum Gasteiger partial charge on any atom is 0.244 e. The molecule has 4 aliphatic rings. The molecule has 0 aromatic heterocycles. The van der Waals surface area contributed by atoms with Crippen LogP contribution in [0.25, 0.3) is 0 Å². The molecule has 0 heterocycles. The molecule has 0 radical (unpaired) electrons. The number of carbonyl (C=O) groups excluding carboxylic acids is 2. The number of halogens is 1. The number of nitrogens with zero attached hydrogens (tertiary/aromatic N) is 2. The van der Waals surface area contributed by atoms with E-state index < -0.39 is 28.5 Å². The van der Waals surface area contributed by atoms with Gasteiger partial charge in [-0.2, -0.15) is 0 Å². The Balaban J connectivity index is 1.38. The van der Waals surface area contributed by atoms with Crippen LogP contribution in [0.5, 0.6) is 0 Å². The van der Waals surface area contributed by atoms with Gasteiger partial charge < -0.3 is 10.2 Å². The lowest BCUT2D eigenvalue weighted by atomic mass is 9.48. The lowest BCUT2D eigenvalue weighted by Gasteiger charge is -2.57. The Morgan fingerprint density at radius 2 is 1.52 bits per heavy atom.